The highest BCUT2D eigenvalue weighted by Crippen LogP contribution is 2.17. The van der Waals surface area contributed by atoms with E-state index >= 15 is 0 Å². The highest BCUT2D eigenvalue weighted by atomic mass is 32.2. The molecule has 90 valence electrons. The fourth-order valence-electron chi connectivity index (χ4n) is 1.26. The van der Waals surface area contributed by atoms with Crippen molar-refractivity contribution in [2.24, 2.45) is 0 Å². The van der Waals surface area contributed by atoms with E-state index < -0.39 is 0 Å². The summed E-state index contributed by atoms with van der Waals surface area (Å²) in [6, 6.07) is 0. The van der Waals surface area contributed by atoms with Gasteiger partial charge in [-0.2, -0.15) is 21.0 Å². The fourth-order valence-corrected chi connectivity index (χ4v) is 2.83. The third-order valence-corrected chi connectivity index (χ3v) is 4.50. The summed E-state index contributed by atoms with van der Waals surface area (Å²) in [5.74, 6) is 1.71. The molecule has 0 spiro atoms. The van der Waals surface area contributed by atoms with Gasteiger partial charge in [0, 0.05) is 0 Å². The van der Waals surface area contributed by atoms with Crippen molar-refractivity contribution in [3.63, 3.8) is 0 Å². The van der Waals surface area contributed by atoms with Crippen LogP contribution in [0, 0.1) is 0 Å². The van der Waals surface area contributed by atoms with Crippen LogP contribution in [-0.4, -0.2) is 30.9 Å². The van der Waals surface area contributed by atoms with Crippen LogP contribution >= 0.6 is 21.0 Å². The van der Waals surface area contributed by atoms with Gasteiger partial charge >= 0.3 is 7.69 Å². The fraction of sp³-hybridized carbons (Fsp3) is 0.167. The molecule has 5 heteroatoms. The average molecular weight is 266 g/mol. The molecule has 0 aromatic rings. The van der Waals surface area contributed by atoms with E-state index in [1.807, 2.05) is 24.3 Å². The molecule has 2 atom stereocenters. The van der Waals surface area contributed by atoms with Gasteiger partial charge in [0.15, 0.2) is 0 Å². The summed E-state index contributed by atoms with van der Waals surface area (Å²) in [6.07, 6.45) is 12.3. The van der Waals surface area contributed by atoms with Crippen molar-refractivity contribution < 1.29 is 9.31 Å². The summed E-state index contributed by atoms with van der Waals surface area (Å²) < 4.78 is 11.0. The Bertz CT molecular complexity index is 441. The molecular formula is C12H15BO2S2. The zero-order valence-electron chi connectivity index (χ0n) is 9.96. The first-order valence-electron chi connectivity index (χ1n) is 5.23. The Labute approximate surface area is 108 Å². The smallest absolute Gasteiger partial charge is 0.528 e. The molecule has 0 N–H and O–H groups in total. The minimum Gasteiger partial charge on any atom is -0.528 e. The molecule has 0 aromatic heterocycles. The molecule has 2 aliphatic heterocycles. The van der Waals surface area contributed by atoms with E-state index in [0.717, 1.165) is 11.5 Å². The van der Waals surface area contributed by atoms with Gasteiger partial charge in [0.1, 0.15) is 11.5 Å². The number of allylic oxidation sites excluding steroid dienone is 4. The third kappa shape index (κ3) is 4.09. The predicted molar refractivity (Wildman–Crippen MR) is 82.9 cm³/mol. The first kappa shape index (κ1) is 12.5. The Morgan fingerprint density at radius 2 is 1.35 bits per heavy atom. The van der Waals surface area contributed by atoms with Crippen LogP contribution < -0.4 is 0 Å². The van der Waals surface area contributed by atoms with Crippen LogP contribution in [0.15, 0.2) is 46.6 Å². The second-order valence-electron chi connectivity index (χ2n) is 3.64. The van der Waals surface area contributed by atoms with Crippen LogP contribution in [0.4, 0.5) is 0 Å². The first-order chi connectivity index (χ1) is 8.24. The van der Waals surface area contributed by atoms with Crippen LogP contribution in [-0.2, 0) is 9.31 Å². The van der Waals surface area contributed by atoms with E-state index in [2.05, 4.69) is 34.1 Å². The molecule has 0 aliphatic carbocycles. The number of hydrogen-bond donors (Lipinski definition) is 0. The summed E-state index contributed by atoms with van der Waals surface area (Å²) in [5, 5.41) is 8.52. The van der Waals surface area contributed by atoms with Crippen LogP contribution in [0.3, 0.4) is 0 Å². The maximum Gasteiger partial charge on any atom is 0.576 e. The van der Waals surface area contributed by atoms with Crippen LogP contribution in [0.1, 0.15) is 0 Å². The lowest BCUT2D eigenvalue weighted by Gasteiger charge is -2.11. The summed E-state index contributed by atoms with van der Waals surface area (Å²) in [5.41, 5.74) is 0. The van der Waals surface area contributed by atoms with Crippen molar-refractivity contribution in [2.75, 3.05) is 12.5 Å². The lowest BCUT2D eigenvalue weighted by molar-refractivity contribution is 0.342. The van der Waals surface area contributed by atoms with Crippen LogP contribution in [0.25, 0.3) is 0 Å². The van der Waals surface area contributed by atoms with E-state index in [1.165, 1.54) is 0 Å². The summed E-state index contributed by atoms with van der Waals surface area (Å²) in [6.45, 7) is 0. The summed E-state index contributed by atoms with van der Waals surface area (Å²) >= 11 is 0. The van der Waals surface area contributed by atoms with Crippen molar-refractivity contribution in [1.82, 2.24) is 0 Å². The molecule has 0 bridgehead atoms. The van der Waals surface area contributed by atoms with E-state index in [-0.39, 0.29) is 28.7 Å². The summed E-state index contributed by atoms with van der Waals surface area (Å²) in [7, 11) is 0.745. The standard InChI is InChI=1S/C12H15BO2S2/c1-16-7-3-11(4-8-16)14-13-15-12-5-9-17(2)10-6-12/h3-10,13H,1-2H3. The van der Waals surface area contributed by atoms with Gasteiger partial charge in [-0.1, -0.05) is 0 Å². The molecule has 2 nitrogen and oxygen atoms in total. The Hall–Kier alpha value is -0.935. The zero-order chi connectivity index (χ0) is 12.1. The van der Waals surface area contributed by atoms with Crippen molar-refractivity contribution in [1.29, 1.82) is 0 Å². The minimum atomic E-state index is 0.246. The largest absolute Gasteiger partial charge is 0.576 e. The monoisotopic (exact) mass is 266 g/mol. The number of rotatable bonds is 4. The molecule has 2 aliphatic rings. The topological polar surface area (TPSA) is 18.5 Å². The van der Waals surface area contributed by atoms with E-state index in [9.17, 15) is 0 Å². The number of hydrogen-bond acceptors (Lipinski definition) is 2. The molecule has 17 heavy (non-hydrogen) atoms. The van der Waals surface area contributed by atoms with E-state index in [4.69, 9.17) is 9.31 Å². The lowest BCUT2D eigenvalue weighted by atomic mass is 10.3. The van der Waals surface area contributed by atoms with Crippen molar-refractivity contribution in [2.45, 2.75) is 0 Å². The molecule has 2 unspecified atom stereocenters. The lowest BCUT2D eigenvalue weighted by Crippen LogP contribution is -2.04. The molecule has 2 heterocycles. The first-order valence-corrected chi connectivity index (χ1v) is 8.75. The van der Waals surface area contributed by atoms with Gasteiger partial charge in [0.2, 0.25) is 0 Å². The Kier molecular flexibility index (Phi) is 4.51. The normalized spacial score (nSPS) is 26.2. The van der Waals surface area contributed by atoms with Gasteiger partial charge in [-0.3, -0.25) is 0 Å². The molecule has 2 rings (SSSR count). The van der Waals surface area contributed by atoms with Gasteiger partial charge in [0.05, 0.1) is 0 Å². The molecule has 0 saturated carbocycles. The molecule has 0 amide bonds. The van der Waals surface area contributed by atoms with E-state index in [0.29, 0.717) is 0 Å². The Balaban J connectivity index is 1.78. The summed E-state index contributed by atoms with van der Waals surface area (Å²) in [4.78, 5) is 0. The molecule has 0 saturated heterocycles. The molecule has 0 radical (unpaired) electrons. The predicted octanol–water partition coefficient (Wildman–Crippen LogP) is 2.51. The highest BCUT2D eigenvalue weighted by molar-refractivity contribution is 8.17. The quantitative estimate of drug-likeness (QED) is 0.575. The van der Waals surface area contributed by atoms with Gasteiger partial charge in [-0.15, -0.1) is 0 Å². The maximum atomic E-state index is 5.50. The molecule has 0 fully saturated rings. The van der Waals surface area contributed by atoms with Crippen molar-refractivity contribution in [3.05, 3.63) is 46.6 Å². The van der Waals surface area contributed by atoms with Gasteiger partial charge in [-0.25, -0.2) is 0 Å². The van der Waals surface area contributed by atoms with Gasteiger partial charge in [0.25, 0.3) is 0 Å². The SMILES string of the molecule is CS1=CC=C(OBOC2=CC=S(C)C=C2)C=C1. The highest BCUT2D eigenvalue weighted by Gasteiger charge is 2.02. The van der Waals surface area contributed by atoms with E-state index in [1.54, 1.807) is 0 Å². The third-order valence-electron chi connectivity index (χ3n) is 2.24. The Morgan fingerprint density at radius 3 is 1.71 bits per heavy atom. The van der Waals surface area contributed by atoms with Gasteiger partial charge < -0.3 is 9.31 Å². The second kappa shape index (κ2) is 6.12. The average Bonchev–Trinajstić information content (AvgIpc) is 2.34. The van der Waals surface area contributed by atoms with Crippen molar-refractivity contribution in [3.8, 4) is 0 Å². The maximum absolute atomic E-state index is 5.50. The van der Waals surface area contributed by atoms with Crippen LogP contribution in [0.2, 0.25) is 0 Å². The molecular weight excluding hydrogens is 251 g/mol. The molecule has 0 aromatic carbocycles. The second-order valence-corrected chi connectivity index (χ2v) is 7.16. The zero-order valence-corrected chi connectivity index (χ0v) is 11.6. The minimum absolute atomic E-state index is 0.246. The van der Waals surface area contributed by atoms with Gasteiger partial charge in [-0.05, 0) is 58.4 Å². The van der Waals surface area contributed by atoms with Crippen LogP contribution in [0.5, 0.6) is 0 Å². The van der Waals surface area contributed by atoms with Crippen molar-refractivity contribution >= 4 is 39.4 Å². The Morgan fingerprint density at radius 1 is 0.882 bits per heavy atom.